The van der Waals surface area contributed by atoms with Crippen molar-refractivity contribution in [2.24, 2.45) is 7.05 Å². The van der Waals surface area contributed by atoms with Crippen LogP contribution in [0.25, 0.3) is 22.3 Å². The summed E-state index contributed by atoms with van der Waals surface area (Å²) in [6, 6.07) is 9.84. The summed E-state index contributed by atoms with van der Waals surface area (Å²) in [4.78, 5) is 19.8. The van der Waals surface area contributed by atoms with Gasteiger partial charge in [0.2, 0.25) is 5.91 Å². The zero-order chi connectivity index (χ0) is 22.5. The van der Waals surface area contributed by atoms with Crippen molar-refractivity contribution in [3.8, 4) is 23.1 Å². The Morgan fingerprint density at radius 3 is 2.71 bits per heavy atom. The second-order valence-electron chi connectivity index (χ2n) is 7.76. The van der Waals surface area contributed by atoms with Crippen LogP contribution in [-0.4, -0.2) is 76.5 Å². The van der Waals surface area contributed by atoms with E-state index >= 15 is 0 Å². The molecule has 31 heavy (non-hydrogen) atoms. The molecule has 3 rings (SSSR count). The molecule has 9 nitrogen and oxygen atoms in total. The predicted molar refractivity (Wildman–Crippen MR) is 117 cm³/mol. The average molecular weight is 422 g/mol. The highest BCUT2D eigenvalue weighted by Crippen LogP contribution is 2.27. The number of likely N-dealkylation sites (N-methyl/N-ethyl adjacent to an activating group) is 2. The van der Waals surface area contributed by atoms with Gasteiger partial charge in [0, 0.05) is 33.3 Å². The van der Waals surface area contributed by atoms with Gasteiger partial charge >= 0.3 is 0 Å². The third-order valence-corrected chi connectivity index (χ3v) is 5.02. The largest absolute Gasteiger partial charge is 0.493 e. The Bertz CT molecular complexity index is 1130. The van der Waals surface area contributed by atoms with Crippen LogP contribution in [0.2, 0.25) is 0 Å². The first-order chi connectivity index (χ1) is 14.8. The molecule has 0 spiro atoms. The third kappa shape index (κ3) is 5.16. The van der Waals surface area contributed by atoms with E-state index in [-0.39, 0.29) is 11.6 Å². The summed E-state index contributed by atoms with van der Waals surface area (Å²) in [7, 11) is 7.23. The Balaban J connectivity index is 1.64. The minimum atomic E-state index is 0.0862. The van der Waals surface area contributed by atoms with E-state index in [1.807, 2.05) is 43.1 Å². The van der Waals surface area contributed by atoms with Crippen LogP contribution < -0.4 is 4.74 Å². The topological polar surface area (TPSA) is 100 Å². The van der Waals surface area contributed by atoms with Gasteiger partial charge in [0.25, 0.3) is 0 Å². The molecule has 0 saturated heterocycles. The number of hydrogen-bond donors (Lipinski definition) is 0. The van der Waals surface area contributed by atoms with E-state index in [4.69, 9.17) is 4.74 Å². The van der Waals surface area contributed by atoms with Gasteiger partial charge in [0.1, 0.15) is 17.3 Å². The van der Waals surface area contributed by atoms with Gasteiger partial charge < -0.3 is 9.64 Å². The molecule has 0 atom stereocenters. The quantitative estimate of drug-likeness (QED) is 0.513. The molecule has 162 valence electrons. The number of pyridine rings is 1. The first-order valence-electron chi connectivity index (χ1n) is 10.0. The molecule has 9 heteroatoms. The Morgan fingerprint density at radius 2 is 2.03 bits per heavy atom. The molecule has 0 aliphatic rings. The number of aromatic nitrogens is 4. The summed E-state index contributed by atoms with van der Waals surface area (Å²) in [5.74, 6) is 0.891. The molecule has 0 fully saturated rings. The van der Waals surface area contributed by atoms with Gasteiger partial charge in [-0.15, -0.1) is 5.10 Å². The van der Waals surface area contributed by atoms with Crippen molar-refractivity contribution in [3.05, 3.63) is 35.5 Å². The highest BCUT2D eigenvalue weighted by atomic mass is 16.5. The maximum Gasteiger partial charge on any atom is 0.236 e. The number of rotatable bonds is 8. The first-order valence-corrected chi connectivity index (χ1v) is 10.0. The summed E-state index contributed by atoms with van der Waals surface area (Å²) < 4.78 is 7.57. The summed E-state index contributed by atoms with van der Waals surface area (Å²) in [6.45, 7) is 3.71. The summed E-state index contributed by atoms with van der Waals surface area (Å²) in [6.07, 6.45) is 0.815. The summed E-state index contributed by atoms with van der Waals surface area (Å²) >= 11 is 0. The number of carbonyl (C=O) groups excluding carboxylic acids is 1. The van der Waals surface area contributed by atoms with Gasteiger partial charge in [0.05, 0.1) is 24.4 Å². The fourth-order valence-corrected chi connectivity index (χ4v) is 3.19. The first kappa shape index (κ1) is 22.2. The minimum Gasteiger partial charge on any atom is -0.493 e. The Labute approximate surface area is 181 Å². The SMILES string of the molecule is Cc1cc(-c2cc3c(nnn3C)c(C#N)n2)ccc1OCCCN(C)CC(=O)N(C)C. The molecule has 0 radical (unpaired) electrons. The Kier molecular flexibility index (Phi) is 6.82. The molecular weight excluding hydrogens is 394 g/mol. The Morgan fingerprint density at radius 1 is 1.26 bits per heavy atom. The fourth-order valence-electron chi connectivity index (χ4n) is 3.19. The van der Waals surface area contributed by atoms with E-state index in [0.717, 1.165) is 35.4 Å². The number of benzene rings is 1. The van der Waals surface area contributed by atoms with Gasteiger partial charge in [-0.05, 0) is 50.2 Å². The zero-order valence-corrected chi connectivity index (χ0v) is 18.6. The molecule has 0 aliphatic carbocycles. The van der Waals surface area contributed by atoms with E-state index in [0.29, 0.717) is 24.4 Å². The second-order valence-corrected chi connectivity index (χ2v) is 7.76. The maximum absolute atomic E-state index is 11.7. The number of aryl methyl sites for hydroxylation is 2. The molecule has 0 saturated carbocycles. The molecule has 0 aliphatic heterocycles. The van der Waals surface area contributed by atoms with Crippen LogP contribution in [0.1, 0.15) is 17.7 Å². The number of hydrogen-bond acceptors (Lipinski definition) is 7. The molecule has 2 aromatic heterocycles. The molecular formula is C22H27N7O2. The number of nitriles is 1. The van der Waals surface area contributed by atoms with Gasteiger partial charge in [-0.25, -0.2) is 9.67 Å². The van der Waals surface area contributed by atoms with E-state index in [1.165, 1.54) is 0 Å². The number of nitrogens with zero attached hydrogens (tertiary/aromatic N) is 7. The van der Waals surface area contributed by atoms with Gasteiger partial charge in [-0.2, -0.15) is 5.26 Å². The van der Waals surface area contributed by atoms with Crippen molar-refractivity contribution in [3.63, 3.8) is 0 Å². The highest BCUT2D eigenvalue weighted by Gasteiger charge is 2.13. The average Bonchev–Trinajstić information content (AvgIpc) is 3.12. The van der Waals surface area contributed by atoms with Crippen molar-refractivity contribution in [2.75, 3.05) is 40.8 Å². The number of ether oxygens (including phenoxy) is 1. The van der Waals surface area contributed by atoms with E-state index in [1.54, 1.807) is 30.7 Å². The second kappa shape index (κ2) is 9.53. The van der Waals surface area contributed by atoms with Crippen molar-refractivity contribution in [1.82, 2.24) is 29.8 Å². The van der Waals surface area contributed by atoms with Crippen LogP contribution in [0, 0.1) is 18.3 Å². The van der Waals surface area contributed by atoms with E-state index in [9.17, 15) is 10.1 Å². The van der Waals surface area contributed by atoms with Crippen LogP contribution in [0.15, 0.2) is 24.3 Å². The van der Waals surface area contributed by atoms with Gasteiger partial charge in [-0.1, -0.05) is 5.21 Å². The summed E-state index contributed by atoms with van der Waals surface area (Å²) in [5.41, 5.74) is 4.09. The third-order valence-electron chi connectivity index (χ3n) is 5.02. The lowest BCUT2D eigenvalue weighted by molar-refractivity contribution is -0.129. The standard InChI is InChI=1S/C22H27N7O2/c1-15-11-16(17-12-19-22(18(13-23)24-17)25-26-29(19)5)7-8-20(15)31-10-6-9-28(4)14-21(30)27(2)3/h7-8,11-12H,6,9-10,14H2,1-5H3. The maximum atomic E-state index is 11.7. The molecule has 3 aromatic rings. The fraction of sp³-hybridized carbons (Fsp3) is 0.409. The van der Waals surface area contributed by atoms with Gasteiger partial charge in [-0.3, -0.25) is 9.69 Å². The van der Waals surface area contributed by atoms with E-state index < -0.39 is 0 Å². The van der Waals surface area contributed by atoms with Crippen LogP contribution in [-0.2, 0) is 11.8 Å². The normalized spacial score (nSPS) is 11.0. The molecule has 0 unspecified atom stereocenters. The van der Waals surface area contributed by atoms with Crippen LogP contribution in [0.4, 0.5) is 0 Å². The molecule has 0 N–H and O–H groups in total. The zero-order valence-electron chi connectivity index (χ0n) is 18.6. The van der Waals surface area contributed by atoms with Crippen LogP contribution in [0.3, 0.4) is 0 Å². The van der Waals surface area contributed by atoms with Crippen molar-refractivity contribution in [1.29, 1.82) is 5.26 Å². The number of amides is 1. The van der Waals surface area contributed by atoms with Gasteiger partial charge in [0.15, 0.2) is 5.69 Å². The minimum absolute atomic E-state index is 0.0862. The van der Waals surface area contributed by atoms with E-state index in [2.05, 4.69) is 21.4 Å². The van der Waals surface area contributed by atoms with Crippen molar-refractivity contribution >= 4 is 16.9 Å². The smallest absolute Gasteiger partial charge is 0.236 e. The molecule has 1 aromatic carbocycles. The monoisotopic (exact) mass is 421 g/mol. The Hall–Kier alpha value is -3.51. The molecule has 2 heterocycles. The molecule has 0 bridgehead atoms. The van der Waals surface area contributed by atoms with Crippen LogP contribution >= 0.6 is 0 Å². The van der Waals surface area contributed by atoms with Crippen molar-refractivity contribution in [2.45, 2.75) is 13.3 Å². The number of fused-ring (bicyclic) bond motifs is 1. The molecule has 1 amide bonds. The van der Waals surface area contributed by atoms with Crippen LogP contribution in [0.5, 0.6) is 5.75 Å². The summed E-state index contributed by atoms with van der Waals surface area (Å²) in [5, 5.41) is 17.4. The lowest BCUT2D eigenvalue weighted by atomic mass is 10.1. The number of carbonyl (C=O) groups is 1. The highest BCUT2D eigenvalue weighted by molar-refractivity contribution is 5.83. The van der Waals surface area contributed by atoms with Crippen molar-refractivity contribution < 1.29 is 9.53 Å². The predicted octanol–water partition coefficient (Wildman–Crippen LogP) is 2.00. The lowest BCUT2D eigenvalue weighted by Crippen LogP contribution is -2.35. The lowest BCUT2D eigenvalue weighted by Gasteiger charge is -2.19.